The molecule has 0 aliphatic heterocycles. The lowest BCUT2D eigenvalue weighted by atomic mass is 10.0. The topological polar surface area (TPSA) is 231 Å². The zero-order chi connectivity index (χ0) is 37.0. The van der Waals surface area contributed by atoms with Crippen molar-refractivity contribution in [2.75, 3.05) is 7.05 Å². The maximum Gasteiger partial charge on any atom is 0.243 e. The zero-order valence-electron chi connectivity index (χ0n) is 29.2. The zero-order valence-corrected chi connectivity index (χ0v) is 29.2. The van der Waals surface area contributed by atoms with Gasteiger partial charge >= 0.3 is 0 Å². The molecule has 15 nitrogen and oxygen atoms in total. The smallest absolute Gasteiger partial charge is 0.243 e. The van der Waals surface area contributed by atoms with Gasteiger partial charge in [0.05, 0.1) is 12.1 Å². The van der Waals surface area contributed by atoms with Gasteiger partial charge in [-0.2, -0.15) is 0 Å². The molecule has 5 atom stereocenters. The maximum atomic E-state index is 13.3. The molecule has 15 heteroatoms. The van der Waals surface area contributed by atoms with Gasteiger partial charge in [-0.05, 0) is 80.7 Å². The second-order valence-electron chi connectivity index (χ2n) is 12.3. The molecule has 5 N–H and O–H groups in total. The van der Waals surface area contributed by atoms with E-state index in [-0.39, 0.29) is 105 Å². The van der Waals surface area contributed by atoms with Gasteiger partial charge in [0, 0.05) is 44.6 Å². The van der Waals surface area contributed by atoms with E-state index in [1.807, 2.05) is 0 Å². The van der Waals surface area contributed by atoms with E-state index in [1.54, 1.807) is 0 Å². The molecule has 0 rings (SSSR count). The molecule has 0 saturated carbocycles. The molecule has 0 aromatic rings. The summed E-state index contributed by atoms with van der Waals surface area (Å²) in [5.74, 6) is -3.91. The minimum Gasteiger partial charge on any atom is -0.351 e. The minimum absolute atomic E-state index is 0.0151. The van der Waals surface area contributed by atoms with Gasteiger partial charge in [0.1, 0.15) is 41.0 Å². The van der Waals surface area contributed by atoms with E-state index in [2.05, 4.69) is 26.6 Å². The molecule has 0 spiro atoms. The Morgan fingerprint density at radius 1 is 0.417 bits per heavy atom. The first-order valence-corrected chi connectivity index (χ1v) is 16.2. The molecule has 0 saturated heterocycles. The summed E-state index contributed by atoms with van der Waals surface area (Å²) in [4.78, 5) is 122. The van der Waals surface area contributed by atoms with Crippen molar-refractivity contribution in [3.63, 3.8) is 0 Å². The van der Waals surface area contributed by atoms with Crippen LogP contribution in [0.3, 0.4) is 0 Å². The largest absolute Gasteiger partial charge is 0.351 e. The number of nitrogens with one attached hydrogen (secondary N) is 5. The van der Waals surface area contributed by atoms with Crippen LogP contribution in [0.1, 0.15) is 112 Å². The van der Waals surface area contributed by atoms with Gasteiger partial charge in [0.2, 0.25) is 23.6 Å². The SMILES string of the molecule is CNC(CCC(C)=O)C(=O)NC(CCC(C)=O)C(=O)NC(CCC(=O)NC(CCC(C)=O)C(=O)NC(CCC(C)=O)C(C)=O)CC(C)=O. The van der Waals surface area contributed by atoms with Gasteiger partial charge < -0.3 is 45.8 Å². The Bertz CT molecular complexity index is 1200. The van der Waals surface area contributed by atoms with E-state index >= 15 is 0 Å². The second-order valence-corrected chi connectivity index (χ2v) is 12.3. The van der Waals surface area contributed by atoms with Crippen molar-refractivity contribution in [3.8, 4) is 0 Å². The summed E-state index contributed by atoms with van der Waals surface area (Å²) in [5, 5.41) is 13.2. The summed E-state index contributed by atoms with van der Waals surface area (Å²) >= 11 is 0. The summed E-state index contributed by atoms with van der Waals surface area (Å²) in [6.07, 6.45) is -0.0486. The Balaban J connectivity index is 5.72. The normalized spacial score (nSPS) is 13.9. The minimum atomic E-state index is -1.17. The highest BCUT2D eigenvalue weighted by Gasteiger charge is 2.29. The van der Waals surface area contributed by atoms with E-state index in [9.17, 15) is 47.9 Å². The fourth-order valence-electron chi connectivity index (χ4n) is 4.70. The Morgan fingerprint density at radius 3 is 1.21 bits per heavy atom. The molecular weight excluding hydrogens is 626 g/mol. The third-order valence-corrected chi connectivity index (χ3v) is 7.50. The molecule has 48 heavy (non-hydrogen) atoms. The first-order chi connectivity index (χ1) is 22.4. The highest BCUT2D eigenvalue weighted by Crippen LogP contribution is 2.10. The number of amides is 4. The second kappa shape index (κ2) is 23.2. The number of likely N-dealkylation sites (N-methyl/N-ethyl adjacent to an activating group) is 1. The van der Waals surface area contributed by atoms with Gasteiger partial charge in [0.25, 0.3) is 0 Å². The van der Waals surface area contributed by atoms with Crippen LogP contribution >= 0.6 is 0 Å². The van der Waals surface area contributed by atoms with Crippen molar-refractivity contribution >= 4 is 58.3 Å². The number of Topliss-reactive ketones (excluding diaryl/α,β-unsaturated/α-hetero) is 6. The number of carbonyl (C=O) groups excluding carboxylic acids is 10. The Morgan fingerprint density at radius 2 is 0.792 bits per heavy atom. The van der Waals surface area contributed by atoms with Crippen molar-refractivity contribution in [2.24, 2.45) is 0 Å². The Labute approximate surface area is 282 Å². The van der Waals surface area contributed by atoms with Crippen molar-refractivity contribution in [2.45, 2.75) is 142 Å². The summed E-state index contributed by atoms with van der Waals surface area (Å²) in [7, 11) is 1.54. The Kier molecular flexibility index (Phi) is 21.2. The standard InChI is InChI=1S/C33H53N5O10/c1-19(39)8-13-26(24(6)44)37-33(48)28(15-10-21(3)41)36-30(45)17-12-25(18-23(5)43)35-32(47)29(16-11-22(4)42)38-31(46)27(34-7)14-9-20(2)40/h25-29,34H,8-18H2,1-7H3,(H,35,47)(H,36,45)(H,37,48)(H,38,46). The van der Waals surface area contributed by atoms with Crippen molar-refractivity contribution < 1.29 is 47.9 Å². The van der Waals surface area contributed by atoms with Crippen LogP contribution in [0.15, 0.2) is 0 Å². The van der Waals surface area contributed by atoms with Crippen molar-refractivity contribution in [1.82, 2.24) is 26.6 Å². The average molecular weight is 680 g/mol. The fourth-order valence-corrected chi connectivity index (χ4v) is 4.70. The molecule has 0 aromatic carbocycles. The van der Waals surface area contributed by atoms with Crippen molar-refractivity contribution in [1.29, 1.82) is 0 Å². The number of ketones is 6. The van der Waals surface area contributed by atoms with Gasteiger partial charge in [-0.3, -0.25) is 28.8 Å². The van der Waals surface area contributed by atoms with Crippen LogP contribution in [0.25, 0.3) is 0 Å². The van der Waals surface area contributed by atoms with Crippen LogP contribution in [-0.2, 0) is 47.9 Å². The molecular formula is C33H53N5O10. The van der Waals surface area contributed by atoms with E-state index in [0.29, 0.717) is 0 Å². The van der Waals surface area contributed by atoms with Crippen LogP contribution in [0.2, 0.25) is 0 Å². The van der Waals surface area contributed by atoms with Gasteiger partial charge in [-0.15, -0.1) is 0 Å². The predicted molar refractivity (Wildman–Crippen MR) is 175 cm³/mol. The van der Waals surface area contributed by atoms with E-state index in [1.165, 1.54) is 48.6 Å². The summed E-state index contributed by atoms with van der Waals surface area (Å²) < 4.78 is 0. The number of hydrogen-bond acceptors (Lipinski definition) is 11. The van der Waals surface area contributed by atoms with E-state index in [4.69, 9.17) is 0 Å². The number of hydrogen-bond donors (Lipinski definition) is 5. The summed E-state index contributed by atoms with van der Waals surface area (Å²) in [6, 6.07) is -4.88. The average Bonchev–Trinajstić information content (AvgIpc) is 2.97. The molecule has 4 amide bonds. The van der Waals surface area contributed by atoms with Gasteiger partial charge in [-0.1, -0.05) is 0 Å². The van der Waals surface area contributed by atoms with E-state index in [0.717, 1.165) is 0 Å². The Hall–Kier alpha value is -4.14. The number of rotatable bonds is 26. The highest BCUT2D eigenvalue weighted by atomic mass is 16.2. The number of carbonyl (C=O) groups is 10. The molecule has 0 heterocycles. The molecule has 0 bridgehead atoms. The van der Waals surface area contributed by atoms with Crippen LogP contribution in [0.5, 0.6) is 0 Å². The monoisotopic (exact) mass is 679 g/mol. The highest BCUT2D eigenvalue weighted by molar-refractivity contribution is 5.93. The quantitative estimate of drug-likeness (QED) is 0.0837. The predicted octanol–water partition coefficient (Wildman–Crippen LogP) is 0.339. The fraction of sp³-hybridized carbons (Fsp3) is 0.697. The molecule has 5 unspecified atom stereocenters. The molecule has 0 fully saturated rings. The van der Waals surface area contributed by atoms with Gasteiger partial charge in [-0.25, -0.2) is 0 Å². The van der Waals surface area contributed by atoms with Crippen molar-refractivity contribution in [3.05, 3.63) is 0 Å². The maximum absolute atomic E-state index is 13.3. The molecule has 0 aliphatic rings. The van der Waals surface area contributed by atoms with Crippen LogP contribution in [0.4, 0.5) is 0 Å². The first kappa shape index (κ1) is 43.9. The first-order valence-electron chi connectivity index (χ1n) is 16.2. The van der Waals surface area contributed by atoms with Gasteiger partial charge in [0.15, 0.2) is 5.78 Å². The van der Waals surface area contributed by atoms with Crippen LogP contribution in [0, 0.1) is 0 Å². The van der Waals surface area contributed by atoms with E-state index < -0.39 is 53.8 Å². The molecule has 0 aliphatic carbocycles. The lowest BCUT2D eigenvalue weighted by Gasteiger charge is -2.25. The van der Waals surface area contributed by atoms with Crippen LogP contribution < -0.4 is 26.6 Å². The lowest BCUT2D eigenvalue weighted by molar-refractivity contribution is -0.132. The third kappa shape index (κ3) is 20.2. The summed E-state index contributed by atoms with van der Waals surface area (Å²) in [5.41, 5.74) is 0. The van der Waals surface area contributed by atoms with Crippen LogP contribution in [-0.4, -0.2) is 95.6 Å². The molecule has 0 radical (unpaired) electrons. The molecule has 0 aromatic heterocycles. The third-order valence-electron chi connectivity index (χ3n) is 7.50. The summed E-state index contributed by atoms with van der Waals surface area (Å²) in [6.45, 7) is 7.99. The lowest BCUT2D eigenvalue weighted by Crippen LogP contribution is -2.54. The molecule has 270 valence electrons.